The Balaban J connectivity index is 1.53. The van der Waals surface area contributed by atoms with Crippen molar-refractivity contribution >= 4 is 10.0 Å². The highest BCUT2D eigenvalue weighted by atomic mass is 32.2. The summed E-state index contributed by atoms with van der Waals surface area (Å²) in [4.78, 5) is 6.45. The summed E-state index contributed by atoms with van der Waals surface area (Å²) in [5.41, 5.74) is 4.13. The number of sulfonamides is 1. The average Bonchev–Trinajstić information content (AvgIpc) is 3.49. The molecule has 3 aromatic rings. The second-order valence-corrected chi connectivity index (χ2v) is 11.4. The van der Waals surface area contributed by atoms with Crippen LogP contribution >= 0.6 is 0 Å². The molecule has 1 atom stereocenters. The van der Waals surface area contributed by atoms with E-state index < -0.39 is 10.0 Å². The van der Waals surface area contributed by atoms with Gasteiger partial charge >= 0.3 is 0 Å². The van der Waals surface area contributed by atoms with Crippen molar-refractivity contribution in [2.24, 2.45) is 0 Å². The van der Waals surface area contributed by atoms with Crippen molar-refractivity contribution < 1.29 is 17.7 Å². The van der Waals surface area contributed by atoms with Crippen molar-refractivity contribution in [2.75, 3.05) is 32.9 Å². The summed E-state index contributed by atoms with van der Waals surface area (Å²) < 4.78 is 38.7. The highest BCUT2D eigenvalue weighted by molar-refractivity contribution is 7.89. The van der Waals surface area contributed by atoms with E-state index in [9.17, 15) is 13.7 Å². The topological polar surface area (TPSA) is 121 Å². The molecule has 0 aliphatic heterocycles. The first-order valence-electron chi connectivity index (χ1n) is 12.0. The van der Waals surface area contributed by atoms with Crippen molar-refractivity contribution in [3.63, 3.8) is 0 Å². The molecule has 0 fully saturated rings. The van der Waals surface area contributed by atoms with Crippen LogP contribution in [0.1, 0.15) is 42.9 Å². The quantitative estimate of drug-likeness (QED) is 0.440. The first kappa shape index (κ1) is 25.8. The van der Waals surface area contributed by atoms with Crippen LogP contribution in [0.2, 0.25) is 0 Å². The molecule has 1 unspecified atom stereocenters. The summed E-state index contributed by atoms with van der Waals surface area (Å²) in [5, 5.41) is 13.7. The lowest BCUT2D eigenvalue weighted by molar-refractivity contribution is 0.241. The molecule has 1 aromatic heterocycles. The highest BCUT2D eigenvalue weighted by Crippen LogP contribution is 2.38. The molecule has 0 bridgehead atoms. The Bertz CT molecular complexity index is 1380. The van der Waals surface area contributed by atoms with Gasteiger partial charge < -0.3 is 14.2 Å². The van der Waals surface area contributed by atoms with Crippen molar-refractivity contribution in [1.82, 2.24) is 19.8 Å². The summed E-state index contributed by atoms with van der Waals surface area (Å²) in [5.74, 6) is 1.46. The van der Waals surface area contributed by atoms with Gasteiger partial charge in [0.1, 0.15) is 11.8 Å². The first-order valence-corrected chi connectivity index (χ1v) is 13.6. The van der Waals surface area contributed by atoms with E-state index in [0.29, 0.717) is 41.7 Å². The summed E-state index contributed by atoms with van der Waals surface area (Å²) in [7, 11) is 0.372. The number of hydrogen-bond acceptors (Lipinski definition) is 8. The number of aromatic nitrogens is 2. The van der Waals surface area contributed by atoms with E-state index in [2.05, 4.69) is 20.9 Å². The van der Waals surface area contributed by atoms with Crippen LogP contribution in [0.5, 0.6) is 5.75 Å². The molecule has 1 N–H and O–H groups in total. The Morgan fingerprint density at radius 2 is 2.08 bits per heavy atom. The minimum atomic E-state index is -3.34. The number of nitriles is 1. The van der Waals surface area contributed by atoms with E-state index in [4.69, 9.17) is 9.26 Å². The van der Waals surface area contributed by atoms with Crippen LogP contribution in [0.4, 0.5) is 0 Å². The molecule has 1 aliphatic rings. The smallest absolute Gasteiger partial charge is 0.258 e. The summed E-state index contributed by atoms with van der Waals surface area (Å²) in [6, 6.07) is 13.3. The summed E-state index contributed by atoms with van der Waals surface area (Å²) in [6.45, 7) is 4.65. The van der Waals surface area contributed by atoms with Crippen LogP contribution in [-0.4, -0.2) is 62.5 Å². The highest BCUT2D eigenvalue weighted by Gasteiger charge is 2.27. The second kappa shape index (κ2) is 10.8. The van der Waals surface area contributed by atoms with Crippen LogP contribution in [-0.2, 0) is 16.4 Å². The van der Waals surface area contributed by atoms with Crippen molar-refractivity contribution in [3.8, 4) is 34.7 Å². The number of ether oxygens (including phenoxy) is 1. The fraction of sp³-hybridized carbons (Fsp3) is 0.423. The van der Waals surface area contributed by atoms with Gasteiger partial charge in [0.25, 0.3) is 5.89 Å². The molecule has 0 saturated heterocycles. The van der Waals surface area contributed by atoms with E-state index >= 15 is 0 Å². The Labute approximate surface area is 212 Å². The number of nitrogens with one attached hydrogen (secondary N) is 1. The Morgan fingerprint density at radius 3 is 2.81 bits per heavy atom. The molecule has 0 spiro atoms. The van der Waals surface area contributed by atoms with Crippen LogP contribution in [0, 0.1) is 11.3 Å². The van der Waals surface area contributed by atoms with E-state index in [1.54, 1.807) is 18.2 Å². The van der Waals surface area contributed by atoms with Gasteiger partial charge in [-0.05, 0) is 76.0 Å². The zero-order valence-electron chi connectivity index (χ0n) is 21.0. The fourth-order valence-corrected chi connectivity index (χ4v) is 5.53. The lowest BCUT2D eigenvalue weighted by Crippen LogP contribution is -2.33. The molecule has 0 saturated carbocycles. The Kier molecular flexibility index (Phi) is 7.73. The molecule has 0 amide bonds. The summed E-state index contributed by atoms with van der Waals surface area (Å²) >= 11 is 0. The van der Waals surface area contributed by atoms with Gasteiger partial charge in [0, 0.05) is 24.2 Å². The molecule has 190 valence electrons. The molecule has 36 heavy (non-hydrogen) atoms. The average molecular weight is 510 g/mol. The van der Waals surface area contributed by atoms with Crippen molar-refractivity contribution in [2.45, 2.75) is 38.7 Å². The van der Waals surface area contributed by atoms with Gasteiger partial charge in [-0.1, -0.05) is 23.4 Å². The monoisotopic (exact) mass is 509 g/mol. The van der Waals surface area contributed by atoms with Gasteiger partial charge in [-0.25, -0.2) is 13.1 Å². The standard InChI is InChI=1S/C26H31N5O4S/c1-17(2)34-24-11-9-18(14-20(24)15-27)26-29-25(30-35-26)23-7-5-6-21-19(8-10-22(21)23)16-28-36(32,33)13-12-31(3)4/h5-7,9,11,14,17,19,28H,8,10,12-13,16H2,1-4H3. The largest absolute Gasteiger partial charge is 0.490 e. The predicted molar refractivity (Wildman–Crippen MR) is 137 cm³/mol. The van der Waals surface area contributed by atoms with E-state index in [-0.39, 0.29) is 17.8 Å². The van der Waals surface area contributed by atoms with Gasteiger partial charge in [0.05, 0.1) is 17.4 Å². The number of fused-ring (bicyclic) bond motifs is 1. The Hall–Kier alpha value is -3.26. The maximum absolute atomic E-state index is 12.4. The lowest BCUT2D eigenvalue weighted by Gasteiger charge is -2.15. The molecular formula is C26H31N5O4S. The van der Waals surface area contributed by atoms with E-state index in [1.165, 1.54) is 0 Å². The minimum absolute atomic E-state index is 0.0460. The lowest BCUT2D eigenvalue weighted by atomic mass is 9.98. The molecule has 9 nitrogen and oxygen atoms in total. The van der Waals surface area contributed by atoms with Gasteiger partial charge in [-0.3, -0.25) is 0 Å². The van der Waals surface area contributed by atoms with Crippen LogP contribution in [0.15, 0.2) is 40.9 Å². The third kappa shape index (κ3) is 5.93. The second-order valence-electron chi connectivity index (χ2n) is 9.49. The maximum Gasteiger partial charge on any atom is 0.258 e. The maximum atomic E-state index is 12.4. The van der Waals surface area contributed by atoms with Crippen LogP contribution in [0.25, 0.3) is 22.8 Å². The van der Waals surface area contributed by atoms with Crippen LogP contribution in [0.3, 0.4) is 0 Å². The normalized spacial score (nSPS) is 15.3. The SMILES string of the molecule is CC(C)Oc1ccc(-c2nc(-c3cccc4c3CCC4CNS(=O)(=O)CCN(C)C)no2)cc1C#N. The van der Waals surface area contributed by atoms with Crippen LogP contribution < -0.4 is 9.46 Å². The summed E-state index contributed by atoms with van der Waals surface area (Å²) in [6.07, 6.45) is 1.60. The number of hydrogen-bond donors (Lipinski definition) is 1. The molecule has 0 radical (unpaired) electrons. The van der Waals surface area contributed by atoms with E-state index in [0.717, 1.165) is 29.5 Å². The van der Waals surface area contributed by atoms with Gasteiger partial charge in [-0.15, -0.1) is 0 Å². The number of nitrogens with zero attached hydrogens (tertiary/aromatic N) is 4. The third-order valence-corrected chi connectivity index (χ3v) is 7.45. The fourth-order valence-electron chi connectivity index (χ4n) is 4.32. The first-order chi connectivity index (χ1) is 17.2. The number of benzene rings is 2. The molecule has 2 aromatic carbocycles. The molecule has 1 heterocycles. The molecule has 10 heteroatoms. The number of rotatable bonds is 10. The molecule has 4 rings (SSSR count). The zero-order valence-corrected chi connectivity index (χ0v) is 21.8. The molecular weight excluding hydrogens is 478 g/mol. The van der Waals surface area contributed by atoms with Crippen molar-refractivity contribution in [1.29, 1.82) is 5.26 Å². The predicted octanol–water partition coefficient (Wildman–Crippen LogP) is 3.57. The van der Waals surface area contributed by atoms with Gasteiger partial charge in [-0.2, -0.15) is 10.2 Å². The zero-order chi connectivity index (χ0) is 25.9. The van der Waals surface area contributed by atoms with Gasteiger partial charge in [0.15, 0.2) is 0 Å². The van der Waals surface area contributed by atoms with Crippen molar-refractivity contribution in [3.05, 3.63) is 53.1 Å². The Morgan fingerprint density at radius 1 is 1.28 bits per heavy atom. The molecule has 1 aliphatic carbocycles. The van der Waals surface area contributed by atoms with Gasteiger partial charge in [0.2, 0.25) is 15.8 Å². The third-order valence-electron chi connectivity index (χ3n) is 6.13. The minimum Gasteiger partial charge on any atom is -0.490 e. The van der Waals surface area contributed by atoms with E-state index in [1.807, 2.05) is 51.0 Å².